The first-order valence-electron chi connectivity index (χ1n) is 6.20. The van der Waals surface area contributed by atoms with Crippen LogP contribution in [0.5, 0.6) is 0 Å². The van der Waals surface area contributed by atoms with Crippen molar-refractivity contribution in [3.8, 4) is 6.07 Å². The summed E-state index contributed by atoms with van der Waals surface area (Å²) in [6.45, 7) is 2.12. The minimum absolute atomic E-state index is 0.552. The molecule has 2 heterocycles. The number of nitriles is 1. The summed E-state index contributed by atoms with van der Waals surface area (Å²) in [6, 6.07) is 7.17. The molecule has 1 N–H and O–H groups in total. The molecule has 86 valence electrons. The van der Waals surface area contributed by atoms with Crippen molar-refractivity contribution in [3.05, 3.63) is 23.3 Å². The highest BCUT2D eigenvalue weighted by molar-refractivity contribution is 6.32. The van der Waals surface area contributed by atoms with Gasteiger partial charge in [0, 0.05) is 25.6 Å². The van der Waals surface area contributed by atoms with E-state index in [0.29, 0.717) is 12.0 Å². The van der Waals surface area contributed by atoms with Gasteiger partial charge in [-0.15, -0.1) is 0 Å². The van der Waals surface area contributed by atoms with E-state index in [1.165, 1.54) is 17.4 Å². The SMILES string of the molecule is Bc1cc(C#N)c2c(c1)[C@@H]1CNCC[C@@H]1N2C. The molecule has 0 saturated carbocycles. The Kier molecular flexibility index (Phi) is 2.37. The van der Waals surface area contributed by atoms with E-state index < -0.39 is 0 Å². The summed E-state index contributed by atoms with van der Waals surface area (Å²) in [7, 11) is 4.20. The van der Waals surface area contributed by atoms with Crippen LogP contribution in [0.15, 0.2) is 12.1 Å². The highest BCUT2D eigenvalue weighted by Crippen LogP contribution is 2.43. The number of benzene rings is 1. The monoisotopic (exact) mass is 225 g/mol. The third-order valence-corrected chi connectivity index (χ3v) is 4.10. The number of piperidine rings is 1. The van der Waals surface area contributed by atoms with Gasteiger partial charge in [-0.05, 0) is 24.6 Å². The van der Waals surface area contributed by atoms with Gasteiger partial charge in [0.1, 0.15) is 13.9 Å². The van der Waals surface area contributed by atoms with Gasteiger partial charge in [0.25, 0.3) is 0 Å². The van der Waals surface area contributed by atoms with Crippen molar-refractivity contribution in [2.75, 3.05) is 25.0 Å². The molecule has 0 aliphatic carbocycles. The number of rotatable bonds is 0. The van der Waals surface area contributed by atoms with Crippen LogP contribution in [0.2, 0.25) is 0 Å². The maximum atomic E-state index is 9.29. The predicted octanol–water partition coefficient (Wildman–Crippen LogP) is -0.288. The van der Waals surface area contributed by atoms with Gasteiger partial charge in [0.05, 0.1) is 11.3 Å². The van der Waals surface area contributed by atoms with Crippen molar-refractivity contribution >= 4 is 19.0 Å². The number of anilines is 1. The first-order valence-corrected chi connectivity index (χ1v) is 6.20. The average Bonchev–Trinajstić information content (AvgIpc) is 2.63. The van der Waals surface area contributed by atoms with E-state index in [0.717, 1.165) is 24.3 Å². The summed E-state index contributed by atoms with van der Waals surface area (Å²) in [5, 5.41) is 12.8. The number of nitrogens with one attached hydrogen (secondary N) is 1. The van der Waals surface area contributed by atoms with Gasteiger partial charge in [-0.25, -0.2) is 0 Å². The number of likely N-dealkylation sites (N-methyl/N-ethyl adjacent to an activating group) is 1. The first kappa shape index (κ1) is 10.7. The van der Waals surface area contributed by atoms with E-state index in [1.807, 2.05) is 6.07 Å². The molecule has 2 atom stereocenters. The minimum Gasteiger partial charge on any atom is -0.370 e. The van der Waals surface area contributed by atoms with E-state index in [1.54, 1.807) is 0 Å². The molecule has 0 aromatic heterocycles. The molecule has 1 aromatic rings. The van der Waals surface area contributed by atoms with Crippen molar-refractivity contribution < 1.29 is 0 Å². The summed E-state index contributed by atoms with van der Waals surface area (Å²) in [5.74, 6) is 0.552. The smallest absolute Gasteiger partial charge is 0.139 e. The normalized spacial score (nSPS) is 26.2. The Morgan fingerprint density at radius 3 is 3.12 bits per heavy atom. The lowest BCUT2D eigenvalue weighted by atomic mass is 9.85. The number of hydrogen-bond donors (Lipinski definition) is 1. The molecule has 2 aliphatic rings. The van der Waals surface area contributed by atoms with Crippen LogP contribution in [-0.4, -0.2) is 34.0 Å². The zero-order valence-corrected chi connectivity index (χ0v) is 10.3. The molecule has 4 heteroatoms. The maximum absolute atomic E-state index is 9.29. The molecule has 3 nitrogen and oxygen atoms in total. The summed E-state index contributed by atoms with van der Waals surface area (Å²) >= 11 is 0. The van der Waals surface area contributed by atoms with Crippen LogP contribution in [0, 0.1) is 11.3 Å². The van der Waals surface area contributed by atoms with Crippen LogP contribution >= 0.6 is 0 Å². The molecule has 0 radical (unpaired) electrons. The zero-order valence-electron chi connectivity index (χ0n) is 10.3. The second-order valence-corrected chi connectivity index (χ2v) is 5.14. The van der Waals surface area contributed by atoms with E-state index >= 15 is 0 Å². The van der Waals surface area contributed by atoms with E-state index in [-0.39, 0.29) is 0 Å². The van der Waals surface area contributed by atoms with Crippen LogP contribution < -0.4 is 15.7 Å². The van der Waals surface area contributed by atoms with Gasteiger partial charge in [-0.2, -0.15) is 5.26 Å². The van der Waals surface area contributed by atoms with E-state index in [9.17, 15) is 5.26 Å². The Labute approximate surface area is 103 Å². The van der Waals surface area contributed by atoms with Crippen LogP contribution in [0.4, 0.5) is 5.69 Å². The van der Waals surface area contributed by atoms with Crippen LogP contribution in [0.1, 0.15) is 23.5 Å². The highest BCUT2D eigenvalue weighted by Gasteiger charge is 2.39. The molecule has 2 aliphatic heterocycles. The summed E-state index contributed by atoms with van der Waals surface area (Å²) in [4.78, 5) is 2.32. The molecular formula is C13H16BN3. The summed E-state index contributed by atoms with van der Waals surface area (Å²) in [6.07, 6.45) is 1.17. The largest absolute Gasteiger partial charge is 0.370 e. The summed E-state index contributed by atoms with van der Waals surface area (Å²) in [5.41, 5.74) is 4.55. The third-order valence-electron chi connectivity index (χ3n) is 4.10. The highest BCUT2D eigenvalue weighted by atomic mass is 15.2. The fourth-order valence-corrected chi connectivity index (χ4v) is 3.36. The van der Waals surface area contributed by atoms with Gasteiger partial charge in [0.2, 0.25) is 0 Å². The fourth-order valence-electron chi connectivity index (χ4n) is 3.36. The number of nitrogens with zero attached hydrogens (tertiary/aromatic N) is 2. The van der Waals surface area contributed by atoms with Gasteiger partial charge >= 0.3 is 0 Å². The first-order chi connectivity index (χ1) is 8.22. The maximum Gasteiger partial charge on any atom is 0.139 e. The molecule has 0 bridgehead atoms. The lowest BCUT2D eigenvalue weighted by Crippen LogP contribution is -2.42. The van der Waals surface area contributed by atoms with Gasteiger partial charge in [0.15, 0.2) is 0 Å². The van der Waals surface area contributed by atoms with Crippen molar-refractivity contribution in [1.82, 2.24) is 5.32 Å². The Balaban J connectivity index is 2.17. The van der Waals surface area contributed by atoms with Crippen molar-refractivity contribution in [2.45, 2.75) is 18.4 Å². The molecule has 0 unspecified atom stereocenters. The van der Waals surface area contributed by atoms with Crippen LogP contribution in [0.25, 0.3) is 0 Å². The van der Waals surface area contributed by atoms with Gasteiger partial charge in [-0.3, -0.25) is 0 Å². The fraction of sp³-hybridized carbons (Fsp3) is 0.462. The molecule has 17 heavy (non-hydrogen) atoms. The van der Waals surface area contributed by atoms with Gasteiger partial charge in [-0.1, -0.05) is 11.5 Å². The molecular weight excluding hydrogens is 209 g/mol. The zero-order chi connectivity index (χ0) is 12.0. The number of hydrogen-bond acceptors (Lipinski definition) is 3. The van der Waals surface area contributed by atoms with Crippen LogP contribution in [-0.2, 0) is 0 Å². The second-order valence-electron chi connectivity index (χ2n) is 5.14. The molecule has 1 aromatic carbocycles. The molecule has 1 fully saturated rings. The topological polar surface area (TPSA) is 39.1 Å². The van der Waals surface area contributed by atoms with Crippen molar-refractivity contribution in [3.63, 3.8) is 0 Å². The average molecular weight is 225 g/mol. The third kappa shape index (κ3) is 1.46. The molecule has 0 amide bonds. The standard InChI is InChI=1S/C13H16BN3/c1-17-12-2-3-16-7-11(12)10-5-9(14)4-8(6-15)13(10)17/h4-5,11-12,16H,2-3,7,14H2,1H3/t11-,12-/m0/s1. The Hall–Kier alpha value is -1.47. The number of fused-ring (bicyclic) bond motifs is 3. The van der Waals surface area contributed by atoms with Crippen LogP contribution in [0.3, 0.4) is 0 Å². The van der Waals surface area contributed by atoms with Crippen molar-refractivity contribution in [2.24, 2.45) is 0 Å². The lowest BCUT2D eigenvalue weighted by molar-refractivity contribution is 0.413. The van der Waals surface area contributed by atoms with Crippen molar-refractivity contribution in [1.29, 1.82) is 5.26 Å². The Bertz CT molecular complexity index is 506. The predicted molar refractivity (Wildman–Crippen MR) is 71.8 cm³/mol. The van der Waals surface area contributed by atoms with E-state index in [2.05, 4.69) is 37.2 Å². The van der Waals surface area contributed by atoms with E-state index in [4.69, 9.17) is 0 Å². The second kappa shape index (κ2) is 3.78. The molecule has 1 saturated heterocycles. The Morgan fingerprint density at radius 2 is 2.35 bits per heavy atom. The summed E-state index contributed by atoms with van der Waals surface area (Å²) < 4.78 is 0. The molecule has 0 spiro atoms. The lowest BCUT2D eigenvalue weighted by Gasteiger charge is -2.31. The minimum atomic E-state index is 0.552. The quantitative estimate of drug-likeness (QED) is 0.617. The van der Waals surface area contributed by atoms with Gasteiger partial charge < -0.3 is 10.2 Å². The Morgan fingerprint density at radius 1 is 1.53 bits per heavy atom. The molecule has 3 rings (SSSR count).